The Morgan fingerprint density at radius 2 is 2.29 bits per heavy atom. The van der Waals surface area contributed by atoms with E-state index in [1.54, 1.807) is 13.2 Å². The summed E-state index contributed by atoms with van der Waals surface area (Å²) >= 11 is 0. The van der Waals surface area contributed by atoms with Crippen LogP contribution in [0.4, 0.5) is 0 Å². The first-order chi connectivity index (χ1) is 10.2. The van der Waals surface area contributed by atoms with E-state index in [0.717, 1.165) is 30.7 Å². The number of ether oxygens (including phenoxy) is 2. The molecular weight excluding hydrogens is 268 g/mol. The third-order valence-electron chi connectivity index (χ3n) is 3.84. The van der Waals surface area contributed by atoms with Gasteiger partial charge in [-0.3, -0.25) is 9.69 Å². The Labute approximate surface area is 125 Å². The molecule has 0 bridgehead atoms. The lowest BCUT2D eigenvalue weighted by Crippen LogP contribution is -2.38. The summed E-state index contributed by atoms with van der Waals surface area (Å²) in [5.74, 6) is 0.570. The number of likely N-dealkylation sites (tertiary alicyclic amines) is 1. The molecule has 0 amide bonds. The number of piperidine rings is 1. The molecule has 1 aliphatic rings. The summed E-state index contributed by atoms with van der Waals surface area (Å²) in [4.78, 5) is 13.9. The predicted molar refractivity (Wildman–Crippen MR) is 77.7 cm³/mol. The molecule has 0 saturated carbocycles. The van der Waals surface area contributed by atoms with Crippen LogP contribution in [0.1, 0.15) is 24.0 Å². The van der Waals surface area contributed by atoms with Gasteiger partial charge in [-0.15, -0.1) is 0 Å². The quantitative estimate of drug-likeness (QED) is 0.792. The van der Waals surface area contributed by atoms with E-state index in [1.165, 1.54) is 7.11 Å². The molecule has 1 unspecified atom stereocenters. The first kappa shape index (κ1) is 15.3. The largest absolute Gasteiger partial charge is 0.496 e. The summed E-state index contributed by atoms with van der Waals surface area (Å²) in [6.45, 7) is 2.30. The Hall–Kier alpha value is -2.06. The second-order valence-corrected chi connectivity index (χ2v) is 5.24. The average Bonchev–Trinajstić information content (AvgIpc) is 2.54. The second-order valence-electron chi connectivity index (χ2n) is 5.24. The number of benzene rings is 1. The number of esters is 1. The molecule has 1 aromatic rings. The minimum absolute atomic E-state index is 0.0612. The molecule has 0 N–H and O–H groups in total. The van der Waals surface area contributed by atoms with Gasteiger partial charge in [0, 0.05) is 18.7 Å². The Bertz CT molecular complexity index is 551. The van der Waals surface area contributed by atoms with Crippen molar-refractivity contribution in [3.05, 3.63) is 29.3 Å². The highest BCUT2D eigenvalue weighted by atomic mass is 16.5. The van der Waals surface area contributed by atoms with Gasteiger partial charge in [0.15, 0.2) is 0 Å². The number of hydrogen-bond donors (Lipinski definition) is 0. The van der Waals surface area contributed by atoms with Gasteiger partial charge < -0.3 is 9.47 Å². The number of nitrogens with zero attached hydrogens (tertiary/aromatic N) is 2. The molecule has 0 spiro atoms. The lowest BCUT2D eigenvalue weighted by molar-refractivity contribution is -0.147. The predicted octanol–water partition coefficient (Wildman–Crippen LogP) is 1.95. The zero-order chi connectivity index (χ0) is 15.2. The summed E-state index contributed by atoms with van der Waals surface area (Å²) in [6, 6.07) is 7.55. The number of carbonyl (C=O) groups excluding carboxylic acids is 1. The fourth-order valence-electron chi connectivity index (χ4n) is 2.77. The second kappa shape index (κ2) is 7.09. The Morgan fingerprint density at radius 3 is 2.95 bits per heavy atom. The minimum atomic E-state index is -0.141. The van der Waals surface area contributed by atoms with Crippen molar-refractivity contribution < 1.29 is 14.3 Å². The number of nitriles is 1. The molecule has 0 radical (unpaired) electrons. The van der Waals surface area contributed by atoms with E-state index < -0.39 is 0 Å². The van der Waals surface area contributed by atoms with Crippen molar-refractivity contribution in [3.8, 4) is 11.8 Å². The molecule has 1 aromatic carbocycles. The van der Waals surface area contributed by atoms with Crippen LogP contribution < -0.4 is 4.74 Å². The van der Waals surface area contributed by atoms with E-state index in [4.69, 9.17) is 14.7 Å². The van der Waals surface area contributed by atoms with Gasteiger partial charge >= 0.3 is 5.97 Å². The van der Waals surface area contributed by atoms with Gasteiger partial charge in [-0.05, 0) is 37.6 Å². The van der Waals surface area contributed by atoms with Gasteiger partial charge in [0.1, 0.15) is 5.75 Å². The monoisotopic (exact) mass is 288 g/mol. The number of hydrogen-bond acceptors (Lipinski definition) is 5. The van der Waals surface area contributed by atoms with Crippen LogP contribution in [0.5, 0.6) is 5.75 Å². The fourth-order valence-corrected chi connectivity index (χ4v) is 2.77. The van der Waals surface area contributed by atoms with E-state index in [1.807, 2.05) is 12.1 Å². The Balaban J connectivity index is 2.10. The van der Waals surface area contributed by atoms with Gasteiger partial charge in [-0.2, -0.15) is 5.26 Å². The van der Waals surface area contributed by atoms with Gasteiger partial charge in [0.2, 0.25) is 0 Å². The number of carbonyl (C=O) groups is 1. The van der Waals surface area contributed by atoms with Gasteiger partial charge in [0.25, 0.3) is 0 Å². The average molecular weight is 288 g/mol. The van der Waals surface area contributed by atoms with Crippen molar-refractivity contribution in [2.45, 2.75) is 19.4 Å². The molecule has 5 nitrogen and oxygen atoms in total. The molecule has 1 aliphatic heterocycles. The van der Waals surface area contributed by atoms with Crippen LogP contribution in [-0.2, 0) is 16.1 Å². The standard InChI is InChI=1S/C16H20N2O3/c1-20-15-6-5-12(9-17)8-14(15)11-18-7-3-4-13(10-18)16(19)21-2/h5-6,8,13H,3-4,7,10-11H2,1-2H3. The number of rotatable bonds is 4. The molecule has 1 saturated heterocycles. The molecule has 0 aliphatic carbocycles. The van der Waals surface area contributed by atoms with Crippen molar-refractivity contribution in [3.63, 3.8) is 0 Å². The zero-order valence-electron chi connectivity index (χ0n) is 12.5. The maximum absolute atomic E-state index is 11.7. The fraction of sp³-hybridized carbons (Fsp3) is 0.500. The third-order valence-corrected chi connectivity index (χ3v) is 3.84. The molecule has 1 heterocycles. The lowest BCUT2D eigenvalue weighted by atomic mass is 9.97. The Morgan fingerprint density at radius 1 is 1.48 bits per heavy atom. The molecule has 21 heavy (non-hydrogen) atoms. The van der Waals surface area contributed by atoms with E-state index in [-0.39, 0.29) is 11.9 Å². The van der Waals surface area contributed by atoms with Gasteiger partial charge in [-0.25, -0.2) is 0 Å². The van der Waals surface area contributed by atoms with Crippen LogP contribution in [0.15, 0.2) is 18.2 Å². The normalized spacial score (nSPS) is 18.8. The Kier molecular flexibility index (Phi) is 5.18. The van der Waals surface area contributed by atoms with E-state index in [0.29, 0.717) is 18.7 Å². The first-order valence-corrected chi connectivity index (χ1v) is 7.05. The minimum Gasteiger partial charge on any atom is -0.496 e. The SMILES string of the molecule is COC(=O)C1CCCN(Cc2cc(C#N)ccc2OC)C1. The highest BCUT2D eigenvalue weighted by Gasteiger charge is 2.26. The molecule has 112 valence electrons. The van der Waals surface area contributed by atoms with Crippen molar-refractivity contribution in [2.24, 2.45) is 5.92 Å². The number of methoxy groups -OCH3 is 2. The highest BCUT2D eigenvalue weighted by molar-refractivity contribution is 5.72. The summed E-state index contributed by atoms with van der Waals surface area (Å²) in [7, 11) is 3.05. The summed E-state index contributed by atoms with van der Waals surface area (Å²) in [5.41, 5.74) is 1.59. The van der Waals surface area contributed by atoms with Crippen LogP contribution in [0, 0.1) is 17.2 Å². The molecule has 5 heteroatoms. The van der Waals surface area contributed by atoms with Crippen molar-refractivity contribution >= 4 is 5.97 Å². The van der Waals surface area contributed by atoms with Crippen LogP contribution >= 0.6 is 0 Å². The highest BCUT2D eigenvalue weighted by Crippen LogP contribution is 2.25. The maximum atomic E-state index is 11.7. The molecule has 2 rings (SSSR count). The van der Waals surface area contributed by atoms with Gasteiger partial charge in [-0.1, -0.05) is 0 Å². The van der Waals surface area contributed by atoms with E-state index in [2.05, 4.69) is 11.0 Å². The molecule has 0 aromatic heterocycles. The van der Waals surface area contributed by atoms with Crippen LogP contribution in [0.2, 0.25) is 0 Å². The molecular formula is C16H20N2O3. The van der Waals surface area contributed by atoms with E-state index >= 15 is 0 Å². The smallest absolute Gasteiger partial charge is 0.309 e. The van der Waals surface area contributed by atoms with Crippen molar-refractivity contribution in [2.75, 3.05) is 27.3 Å². The van der Waals surface area contributed by atoms with E-state index in [9.17, 15) is 4.79 Å². The maximum Gasteiger partial charge on any atom is 0.309 e. The topological polar surface area (TPSA) is 62.6 Å². The third kappa shape index (κ3) is 3.73. The summed E-state index contributed by atoms with van der Waals surface area (Å²) in [5, 5.41) is 9.01. The summed E-state index contributed by atoms with van der Waals surface area (Å²) < 4.78 is 10.2. The van der Waals surface area contributed by atoms with Crippen LogP contribution in [-0.4, -0.2) is 38.2 Å². The van der Waals surface area contributed by atoms with Crippen LogP contribution in [0.25, 0.3) is 0 Å². The van der Waals surface area contributed by atoms with Crippen LogP contribution in [0.3, 0.4) is 0 Å². The van der Waals surface area contributed by atoms with Crippen molar-refractivity contribution in [1.82, 2.24) is 4.90 Å². The zero-order valence-corrected chi connectivity index (χ0v) is 12.5. The molecule has 1 fully saturated rings. The van der Waals surface area contributed by atoms with Gasteiger partial charge in [0.05, 0.1) is 31.8 Å². The van der Waals surface area contributed by atoms with Crippen molar-refractivity contribution in [1.29, 1.82) is 5.26 Å². The lowest BCUT2D eigenvalue weighted by Gasteiger charge is -2.31. The summed E-state index contributed by atoms with van der Waals surface area (Å²) in [6.07, 6.45) is 1.85. The first-order valence-electron chi connectivity index (χ1n) is 7.05. The molecule has 1 atom stereocenters.